The Morgan fingerprint density at radius 2 is 2.21 bits per heavy atom. The maximum Gasteiger partial charge on any atom is 0.134 e. The zero-order valence-electron chi connectivity index (χ0n) is 13.7. The minimum atomic E-state index is 0.402. The summed E-state index contributed by atoms with van der Waals surface area (Å²) < 4.78 is 12.0. The quantitative estimate of drug-likeness (QED) is 0.691. The topological polar surface area (TPSA) is 30.5 Å². The number of hydrogen-bond acceptors (Lipinski definition) is 4. The fourth-order valence-corrected chi connectivity index (χ4v) is 3.47. The van der Waals surface area contributed by atoms with Crippen LogP contribution in [0.4, 0.5) is 5.69 Å². The highest BCUT2D eigenvalue weighted by Crippen LogP contribution is 2.33. The summed E-state index contributed by atoms with van der Waals surface area (Å²) in [7, 11) is 1.68. The number of benzene rings is 1. The second-order valence-electron chi connectivity index (χ2n) is 5.58. The molecule has 126 valence electrons. The van der Waals surface area contributed by atoms with E-state index in [2.05, 4.69) is 29.8 Å². The van der Waals surface area contributed by atoms with Crippen molar-refractivity contribution in [3.8, 4) is 5.75 Å². The molecule has 1 aromatic heterocycles. The Labute approximate surface area is 151 Å². The summed E-state index contributed by atoms with van der Waals surface area (Å²) >= 11 is 7.51. The number of nitrogens with one attached hydrogen (secondary N) is 1. The van der Waals surface area contributed by atoms with E-state index in [0.717, 1.165) is 40.1 Å². The van der Waals surface area contributed by atoms with Gasteiger partial charge in [-0.05, 0) is 47.7 Å². The van der Waals surface area contributed by atoms with Gasteiger partial charge < -0.3 is 14.8 Å². The van der Waals surface area contributed by atoms with Crippen molar-refractivity contribution in [2.75, 3.05) is 12.4 Å². The SMILES string of the molecule is CCC1C=COC(c2ccc(NCc3csc(Cl)c3)cc2OC)=C1. The maximum absolute atomic E-state index is 5.97. The Morgan fingerprint density at radius 1 is 1.33 bits per heavy atom. The molecule has 0 saturated carbocycles. The number of allylic oxidation sites excluding steroid dienone is 2. The molecule has 1 unspecified atom stereocenters. The molecule has 0 fully saturated rings. The van der Waals surface area contributed by atoms with Crippen LogP contribution in [0.1, 0.15) is 24.5 Å². The monoisotopic (exact) mass is 361 g/mol. The van der Waals surface area contributed by atoms with Gasteiger partial charge >= 0.3 is 0 Å². The van der Waals surface area contributed by atoms with Gasteiger partial charge in [-0.15, -0.1) is 11.3 Å². The molecule has 2 heterocycles. The fourth-order valence-electron chi connectivity index (χ4n) is 2.56. The Morgan fingerprint density at radius 3 is 2.92 bits per heavy atom. The first-order chi connectivity index (χ1) is 11.7. The second kappa shape index (κ2) is 7.77. The molecule has 0 saturated heterocycles. The molecule has 1 aromatic carbocycles. The largest absolute Gasteiger partial charge is 0.496 e. The Kier molecular flexibility index (Phi) is 5.48. The van der Waals surface area contributed by atoms with Crippen LogP contribution in [-0.2, 0) is 11.3 Å². The minimum Gasteiger partial charge on any atom is -0.496 e. The highest BCUT2D eigenvalue weighted by Gasteiger charge is 2.15. The molecule has 0 aliphatic carbocycles. The van der Waals surface area contributed by atoms with Crippen molar-refractivity contribution in [3.63, 3.8) is 0 Å². The summed E-state index contributed by atoms with van der Waals surface area (Å²) in [4.78, 5) is 0. The van der Waals surface area contributed by atoms with Crippen molar-refractivity contribution < 1.29 is 9.47 Å². The fraction of sp³-hybridized carbons (Fsp3) is 0.263. The van der Waals surface area contributed by atoms with E-state index in [1.54, 1.807) is 24.7 Å². The van der Waals surface area contributed by atoms with Gasteiger partial charge in [0.2, 0.25) is 0 Å². The van der Waals surface area contributed by atoms with Crippen LogP contribution < -0.4 is 10.1 Å². The van der Waals surface area contributed by atoms with Crippen LogP contribution in [0, 0.1) is 5.92 Å². The molecule has 0 bridgehead atoms. The van der Waals surface area contributed by atoms with Crippen molar-refractivity contribution >= 4 is 34.4 Å². The molecule has 3 nitrogen and oxygen atoms in total. The Balaban J connectivity index is 1.76. The molecule has 1 aliphatic rings. The van der Waals surface area contributed by atoms with Gasteiger partial charge in [0.25, 0.3) is 0 Å². The highest BCUT2D eigenvalue weighted by atomic mass is 35.5. The van der Waals surface area contributed by atoms with E-state index in [1.165, 1.54) is 5.56 Å². The zero-order chi connectivity index (χ0) is 16.9. The average Bonchev–Trinajstić information content (AvgIpc) is 3.05. The lowest BCUT2D eigenvalue weighted by atomic mass is 10.0. The first kappa shape index (κ1) is 16.9. The molecule has 5 heteroatoms. The molecule has 0 amide bonds. The van der Waals surface area contributed by atoms with Crippen LogP contribution in [0.15, 0.2) is 48.1 Å². The lowest BCUT2D eigenvalue weighted by Gasteiger charge is -2.18. The molecular weight excluding hydrogens is 342 g/mol. The van der Waals surface area contributed by atoms with Gasteiger partial charge in [-0.3, -0.25) is 0 Å². The summed E-state index contributed by atoms with van der Waals surface area (Å²) in [5.74, 6) is 2.04. The highest BCUT2D eigenvalue weighted by molar-refractivity contribution is 7.14. The second-order valence-corrected chi connectivity index (χ2v) is 7.12. The zero-order valence-corrected chi connectivity index (χ0v) is 15.3. The van der Waals surface area contributed by atoms with Crippen LogP contribution in [0.2, 0.25) is 4.34 Å². The molecule has 2 aromatic rings. The maximum atomic E-state index is 5.97. The van der Waals surface area contributed by atoms with E-state index in [-0.39, 0.29) is 0 Å². The van der Waals surface area contributed by atoms with Crippen LogP contribution in [0.5, 0.6) is 5.75 Å². The molecule has 1 aliphatic heterocycles. The summed E-state index contributed by atoms with van der Waals surface area (Å²) in [5.41, 5.74) is 3.13. The summed E-state index contributed by atoms with van der Waals surface area (Å²) in [6.07, 6.45) is 7.01. The van der Waals surface area contributed by atoms with Gasteiger partial charge in [0, 0.05) is 24.2 Å². The van der Waals surface area contributed by atoms with Crippen molar-refractivity contribution in [2.45, 2.75) is 19.9 Å². The van der Waals surface area contributed by atoms with Crippen LogP contribution in [0.25, 0.3) is 5.76 Å². The van der Waals surface area contributed by atoms with Crippen molar-refractivity contribution in [1.82, 2.24) is 0 Å². The van der Waals surface area contributed by atoms with Crippen LogP contribution in [0.3, 0.4) is 0 Å². The predicted molar refractivity (Wildman–Crippen MR) is 102 cm³/mol. The first-order valence-electron chi connectivity index (χ1n) is 7.90. The third-order valence-electron chi connectivity index (χ3n) is 3.94. The molecular formula is C19H20ClNO2S. The third kappa shape index (κ3) is 3.94. The number of halogens is 1. The molecule has 3 rings (SSSR count). The van der Waals surface area contributed by atoms with E-state index in [4.69, 9.17) is 21.1 Å². The lowest BCUT2D eigenvalue weighted by molar-refractivity contribution is 0.393. The van der Waals surface area contributed by atoms with E-state index in [0.29, 0.717) is 5.92 Å². The first-order valence-corrected chi connectivity index (χ1v) is 9.15. The minimum absolute atomic E-state index is 0.402. The van der Waals surface area contributed by atoms with E-state index in [1.807, 2.05) is 24.3 Å². The standard InChI is InChI=1S/C19H20ClNO2S/c1-3-13-6-7-23-18(8-13)16-5-4-15(10-17(16)22-2)21-11-14-9-19(20)24-12-14/h4-10,12-13,21H,3,11H2,1-2H3. The van der Waals surface area contributed by atoms with E-state index in [9.17, 15) is 0 Å². The number of anilines is 1. The van der Waals surface area contributed by atoms with Gasteiger partial charge in [0.05, 0.1) is 23.3 Å². The van der Waals surface area contributed by atoms with E-state index >= 15 is 0 Å². The van der Waals surface area contributed by atoms with Gasteiger partial charge in [-0.25, -0.2) is 0 Å². The number of thiophene rings is 1. The molecule has 0 radical (unpaired) electrons. The number of rotatable bonds is 6. The van der Waals surface area contributed by atoms with Crippen molar-refractivity contribution in [1.29, 1.82) is 0 Å². The van der Waals surface area contributed by atoms with Crippen LogP contribution >= 0.6 is 22.9 Å². The van der Waals surface area contributed by atoms with Gasteiger partial charge in [0.1, 0.15) is 11.5 Å². The van der Waals surface area contributed by atoms with Crippen LogP contribution in [-0.4, -0.2) is 7.11 Å². The average molecular weight is 362 g/mol. The van der Waals surface area contributed by atoms with Gasteiger partial charge in [0.15, 0.2) is 0 Å². The molecule has 24 heavy (non-hydrogen) atoms. The van der Waals surface area contributed by atoms with Gasteiger partial charge in [-0.2, -0.15) is 0 Å². The summed E-state index contributed by atoms with van der Waals surface area (Å²) in [5, 5.41) is 5.45. The number of methoxy groups -OCH3 is 1. The molecule has 0 spiro atoms. The Hall–Kier alpha value is -1.91. The Bertz CT molecular complexity index is 766. The smallest absolute Gasteiger partial charge is 0.134 e. The summed E-state index contributed by atoms with van der Waals surface area (Å²) in [6.45, 7) is 2.89. The molecule has 1 N–H and O–H groups in total. The van der Waals surface area contributed by atoms with Gasteiger partial charge in [-0.1, -0.05) is 18.5 Å². The normalized spacial score (nSPS) is 16.5. The van der Waals surface area contributed by atoms with E-state index < -0.39 is 0 Å². The predicted octanol–water partition coefficient (Wildman–Crippen LogP) is 5.93. The number of ether oxygens (including phenoxy) is 2. The number of hydrogen-bond donors (Lipinski definition) is 1. The third-order valence-corrected chi connectivity index (χ3v) is 5.08. The van der Waals surface area contributed by atoms with Crippen molar-refractivity contribution in [3.05, 3.63) is 63.5 Å². The van der Waals surface area contributed by atoms with Crippen molar-refractivity contribution in [2.24, 2.45) is 5.92 Å². The summed E-state index contributed by atoms with van der Waals surface area (Å²) in [6, 6.07) is 8.03. The molecule has 1 atom stereocenters. The lowest BCUT2D eigenvalue weighted by Crippen LogP contribution is -2.03.